The Morgan fingerprint density at radius 3 is 3.00 bits per heavy atom. The van der Waals surface area contributed by atoms with Gasteiger partial charge in [-0.25, -0.2) is 4.98 Å². The van der Waals surface area contributed by atoms with Gasteiger partial charge in [0, 0.05) is 41.7 Å². The molecule has 0 amide bonds. The van der Waals surface area contributed by atoms with Crippen molar-refractivity contribution in [3.8, 4) is 22.4 Å². The van der Waals surface area contributed by atoms with Crippen LogP contribution in [0.15, 0.2) is 42.7 Å². The predicted molar refractivity (Wildman–Crippen MR) is 83.9 cm³/mol. The Kier molecular flexibility index (Phi) is 2.92. The fourth-order valence-corrected chi connectivity index (χ4v) is 3.01. The number of nitrogens with zero attached hydrogens (tertiary/aromatic N) is 3. The molecule has 1 aliphatic heterocycles. The van der Waals surface area contributed by atoms with E-state index in [2.05, 4.69) is 27.0 Å². The molecule has 22 heavy (non-hydrogen) atoms. The maximum atomic E-state index is 13.9. The molecule has 0 saturated carbocycles. The quantitative estimate of drug-likeness (QED) is 0.734. The summed E-state index contributed by atoms with van der Waals surface area (Å²) in [6, 6.07) is 9.49. The first-order valence-corrected chi connectivity index (χ1v) is 7.30. The molecule has 3 aromatic rings. The van der Waals surface area contributed by atoms with Crippen LogP contribution in [-0.2, 0) is 6.54 Å². The zero-order valence-electron chi connectivity index (χ0n) is 12.2. The van der Waals surface area contributed by atoms with Gasteiger partial charge in [0.1, 0.15) is 0 Å². The summed E-state index contributed by atoms with van der Waals surface area (Å²) in [6.07, 6.45) is 3.34. The van der Waals surface area contributed by atoms with Crippen molar-refractivity contribution in [3.05, 3.63) is 54.2 Å². The van der Waals surface area contributed by atoms with Crippen LogP contribution in [0.2, 0.25) is 0 Å². The highest BCUT2D eigenvalue weighted by atomic mass is 19.1. The number of anilines is 1. The number of benzene rings is 1. The van der Waals surface area contributed by atoms with E-state index in [1.807, 2.05) is 24.4 Å². The first kappa shape index (κ1) is 13.0. The highest BCUT2D eigenvalue weighted by Gasteiger charge is 2.23. The molecule has 0 atom stereocenters. The lowest BCUT2D eigenvalue weighted by molar-refractivity contribution is 0.587. The minimum absolute atomic E-state index is 0.441. The van der Waals surface area contributed by atoms with Crippen LogP contribution in [0.3, 0.4) is 0 Å². The van der Waals surface area contributed by atoms with E-state index in [-0.39, 0.29) is 0 Å². The Hall–Kier alpha value is -2.69. The lowest BCUT2D eigenvalue weighted by atomic mass is 9.96. The monoisotopic (exact) mass is 294 g/mol. The number of H-pyrrole nitrogens is 1. The van der Waals surface area contributed by atoms with E-state index in [1.54, 1.807) is 12.1 Å². The number of rotatable bonds is 2. The van der Waals surface area contributed by atoms with E-state index >= 15 is 0 Å². The van der Waals surface area contributed by atoms with Crippen molar-refractivity contribution in [1.82, 2.24) is 15.2 Å². The Labute approximate surface area is 127 Å². The standard InChI is InChI=1S/C17H15FN4/c1-2-22-10-12-9-20-21-16(12)14-6-5-11(8-15(14)22)13-4-3-7-19-17(13)18/h3-9H,2,10H2,1H3,(H,20,21). The number of aromatic amines is 1. The summed E-state index contributed by atoms with van der Waals surface area (Å²) in [7, 11) is 0. The fraction of sp³-hybridized carbons (Fsp3) is 0.176. The normalized spacial score (nSPS) is 12.9. The second-order valence-electron chi connectivity index (χ2n) is 5.36. The summed E-state index contributed by atoms with van der Waals surface area (Å²) in [5.41, 5.74) is 5.81. The molecule has 0 unspecified atom stereocenters. The average Bonchev–Trinajstić information content (AvgIpc) is 3.02. The SMILES string of the molecule is CCN1Cc2cn[nH]c2-c2ccc(-c3cccnc3F)cc21. The van der Waals surface area contributed by atoms with Crippen molar-refractivity contribution in [2.24, 2.45) is 0 Å². The number of fused-ring (bicyclic) bond motifs is 3. The first-order valence-electron chi connectivity index (χ1n) is 7.30. The third kappa shape index (κ3) is 1.89. The molecule has 3 heterocycles. The second kappa shape index (κ2) is 4.94. The highest BCUT2D eigenvalue weighted by molar-refractivity contribution is 5.85. The van der Waals surface area contributed by atoms with E-state index in [4.69, 9.17) is 0 Å². The van der Waals surface area contributed by atoms with Gasteiger partial charge in [0.25, 0.3) is 0 Å². The Morgan fingerprint density at radius 1 is 1.27 bits per heavy atom. The lowest BCUT2D eigenvalue weighted by Gasteiger charge is -2.30. The third-order valence-electron chi connectivity index (χ3n) is 4.14. The largest absolute Gasteiger partial charge is 0.367 e. The van der Waals surface area contributed by atoms with E-state index in [0.717, 1.165) is 35.6 Å². The maximum absolute atomic E-state index is 13.9. The average molecular weight is 294 g/mol. The zero-order valence-corrected chi connectivity index (χ0v) is 12.2. The van der Waals surface area contributed by atoms with Crippen LogP contribution in [0.5, 0.6) is 0 Å². The predicted octanol–water partition coefficient (Wildman–Crippen LogP) is 3.62. The molecule has 4 nitrogen and oxygen atoms in total. The molecule has 0 aliphatic carbocycles. The third-order valence-corrected chi connectivity index (χ3v) is 4.14. The first-order chi connectivity index (χ1) is 10.8. The molecule has 2 aromatic heterocycles. The summed E-state index contributed by atoms with van der Waals surface area (Å²) in [4.78, 5) is 6.01. The summed E-state index contributed by atoms with van der Waals surface area (Å²) in [6.45, 7) is 3.82. The Balaban J connectivity index is 1.89. The van der Waals surface area contributed by atoms with Crippen LogP contribution in [0, 0.1) is 5.95 Å². The van der Waals surface area contributed by atoms with Gasteiger partial charge in [0.15, 0.2) is 0 Å². The molecule has 0 fully saturated rings. The van der Waals surface area contributed by atoms with Gasteiger partial charge in [-0.1, -0.05) is 12.1 Å². The van der Waals surface area contributed by atoms with Crippen LogP contribution in [0.25, 0.3) is 22.4 Å². The number of halogens is 1. The van der Waals surface area contributed by atoms with Gasteiger partial charge in [-0.05, 0) is 30.7 Å². The fourth-order valence-electron chi connectivity index (χ4n) is 3.01. The van der Waals surface area contributed by atoms with Crippen LogP contribution in [-0.4, -0.2) is 21.7 Å². The van der Waals surface area contributed by atoms with Gasteiger partial charge >= 0.3 is 0 Å². The molecule has 0 saturated heterocycles. The maximum Gasteiger partial charge on any atom is 0.220 e. The van der Waals surface area contributed by atoms with E-state index in [1.165, 1.54) is 11.8 Å². The molecule has 1 N–H and O–H groups in total. The molecule has 5 heteroatoms. The molecule has 1 aliphatic rings. The van der Waals surface area contributed by atoms with Gasteiger partial charge in [-0.2, -0.15) is 9.49 Å². The van der Waals surface area contributed by atoms with Gasteiger partial charge in [0.05, 0.1) is 11.9 Å². The van der Waals surface area contributed by atoms with Crippen LogP contribution < -0.4 is 4.90 Å². The number of hydrogen-bond acceptors (Lipinski definition) is 3. The Morgan fingerprint density at radius 2 is 2.18 bits per heavy atom. The number of hydrogen-bond donors (Lipinski definition) is 1. The topological polar surface area (TPSA) is 44.8 Å². The van der Waals surface area contributed by atoms with Crippen LogP contribution >= 0.6 is 0 Å². The zero-order chi connectivity index (χ0) is 15.1. The second-order valence-corrected chi connectivity index (χ2v) is 5.36. The van der Waals surface area contributed by atoms with Gasteiger partial charge in [0.2, 0.25) is 5.95 Å². The minimum atomic E-state index is -0.441. The van der Waals surface area contributed by atoms with Crippen molar-refractivity contribution in [2.75, 3.05) is 11.4 Å². The number of aromatic nitrogens is 3. The number of pyridine rings is 1. The molecule has 0 bridgehead atoms. The van der Waals surface area contributed by atoms with Crippen molar-refractivity contribution >= 4 is 5.69 Å². The molecular formula is C17H15FN4. The van der Waals surface area contributed by atoms with E-state index in [0.29, 0.717) is 5.56 Å². The van der Waals surface area contributed by atoms with E-state index in [9.17, 15) is 4.39 Å². The van der Waals surface area contributed by atoms with Crippen LogP contribution in [0.4, 0.5) is 10.1 Å². The van der Waals surface area contributed by atoms with Crippen LogP contribution in [0.1, 0.15) is 12.5 Å². The smallest absolute Gasteiger partial charge is 0.220 e. The van der Waals surface area contributed by atoms with Crippen molar-refractivity contribution in [2.45, 2.75) is 13.5 Å². The van der Waals surface area contributed by atoms with Crippen molar-refractivity contribution in [3.63, 3.8) is 0 Å². The molecule has 1 aromatic carbocycles. The van der Waals surface area contributed by atoms with E-state index < -0.39 is 5.95 Å². The van der Waals surface area contributed by atoms with Gasteiger partial charge < -0.3 is 4.90 Å². The summed E-state index contributed by atoms with van der Waals surface area (Å²) in [5.74, 6) is -0.441. The highest BCUT2D eigenvalue weighted by Crippen LogP contribution is 2.40. The summed E-state index contributed by atoms with van der Waals surface area (Å²) >= 11 is 0. The molecule has 0 radical (unpaired) electrons. The summed E-state index contributed by atoms with van der Waals surface area (Å²) in [5, 5.41) is 7.21. The minimum Gasteiger partial charge on any atom is -0.367 e. The Bertz CT molecular complexity index is 840. The molecule has 110 valence electrons. The molecular weight excluding hydrogens is 279 g/mol. The lowest BCUT2D eigenvalue weighted by Crippen LogP contribution is -2.25. The van der Waals surface area contributed by atoms with Gasteiger partial charge in [-0.15, -0.1) is 0 Å². The van der Waals surface area contributed by atoms with Crippen molar-refractivity contribution in [1.29, 1.82) is 0 Å². The summed E-state index contributed by atoms with van der Waals surface area (Å²) < 4.78 is 13.9. The van der Waals surface area contributed by atoms with Gasteiger partial charge in [-0.3, -0.25) is 5.10 Å². The number of nitrogens with one attached hydrogen (secondary N) is 1. The molecule has 0 spiro atoms. The molecule has 4 rings (SSSR count). The van der Waals surface area contributed by atoms with Crippen molar-refractivity contribution < 1.29 is 4.39 Å².